The van der Waals surface area contributed by atoms with E-state index in [0.717, 1.165) is 5.56 Å². The third kappa shape index (κ3) is 8.33. The minimum atomic E-state index is -0.699. The molecule has 178 valence electrons. The molecular formula is C26H34FN3O3. The molecule has 0 aliphatic heterocycles. The molecule has 0 aromatic heterocycles. The first-order valence-electron chi connectivity index (χ1n) is 11.2. The molecule has 0 fully saturated rings. The van der Waals surface area contributed by atoms with Gasteiger partial charge in [-0.15, -0.1) is 0 Å². The van der Waals surface area contributed by atoms with Gasteiger partial charge in [0.25, 0.3) is 5.91 Å². The van der Waals surface area contributed by atoms with Crippen LogP contribution in [0.15, 0.2) is 48.5 Å². The van der Waals surface area contributed by atoms with E-state index in [0.29, 0.717) is 11.1 Å². The maximum atomic E-state index is 12.9. The maximum Gasteiger partial charge on any atom is 0.251 e. The molecule has 2 aromatic carbocycles. The predicted molar refractivity (Wildman–Crippen MR) is 127 cm³/mol. The summed E-state index contributed by atoms with van der Waals surface area (Å²) in [5, 5.41) is 8.29. The molecule has 7 heteroatoms. The zero-order chi connectivity index (χ0) is 24.6. The largest absolute Gasteiger partial charge is 0.354 e. The van der Waals surface area contributed by atoms with Crippen LogP contribution in [0.25, 0.3) is 0 Å². The van der Waals surface area contributed by atoms with Gasteiger partial charge in [-0.1, -0.05) is 58.9 Å². The molecule has 3 amide bonds. The Balaban J connectivity index is 1.82. The highest BCUT2D eigenvalue weighted by Gasteiger charge is 2.24. The van der Waals surface area contributed by atoms with Crippen molar-refractivity contribution >= 4 is 17.7 Å². The van der Waals surface area contributed by atoms with Crippen LogP contribution in [0.4, 0.5) is 4.39 Å². The van der Waals surface area contributed by atoms with Crippen LogP contribution in [0.3, 0.4) is 0 Å². The molecule has 0 aliphatic carbocycles. The highest BCUT2D eigenvalue weighted by Crippen LogP contribution is 2.22. The van der Waals surface area contributed by atoms with Gasteiger partial charge >= 0.3 is 0 Å². The zero-order valence-corrected chi connectivity index (χ0v) is 20.0. The molecule has 0 bridgehead atoms. The summed E-state index contributed by atoms with van der Waals surface area (Å²) in [6, 6.07) is 12.4. The Kier molecular flexibility index (Phi) is 9.14. The second kappa shape index (κ2) is 11.6. The monoisotopic (exact) mass is 455 g/mol. The Morgan fingerprint density at radius 3 is 2.00 bits per heavy atom. The number of carbonyl (C=O) groups is 3. The van der Waals surface area contributed by atoms with E-state index in [1.165, 1.54) is 12.1 Å². The van der Waals surface area contributed by atoms with Gasteiger partial charge in [0.05, 0.1) is 6.42 Å². The summed E-state index contributed by atoms with van der Waals surface area (Å²) in [6.45, 7) is 10.5. The molecule has 1 atom stereocenters. The van der Waals surface area contributed by atoms with Crippen molar-refractivity contribution in [1.29, 1.82) is 0 Å². The van der Waals surface area contributed by atoms with Crippen LogP contribution in [-0.2, 0) is 21.4 Å². The van der Waals surface area contributed by atoms with Gasteiger partial charge in [0.2, 0.25) is 11.8 Å². The summed E-state index contributed by atoms with van der Waals surface area (Å²) in [6.07, 6.45) is 0.132. The van der Waals surface area contributed by atoms with Crippen molar-refractivity contribution in [1.82, 2.24) is 16.0 Å². The van der Waals surface area contributed by atoms with Crippen molar-refractivity contribution < 1.29 is 18.8 Å². The molecule has 0 saturated carbocycles. The summed E-state index contributed by atoms with van der Waals surface area (Å²) in [5.74, 6) is -1.30. The summed E-state index contributed by atoms with van der Waals surface area (Å²) in [5.41, 5.74) is 2.31. The number of halogens is 1. The van der Waals surface area contributed by atoms with Gasteiger partial charge in [0.15, 0.2) is 0 Å². The van der Waals surface area contributed by atoms with Crippen LogP contribution in [-0.4, -0.2) is 36.9 Å². The summed E-state index contributed by atoms with van der Waals surface area (Å²) in [4.78, 5) is 37.3. The zero-order valence-electron chi connectivity index (χ0n) is 20.0. The molecule has 2 rings (SSSR count). The molecule has 0 saturated heterocycles. The lowest BCUT2D eigenvalue weighted by Crippen LogP contribution is -2.50. The first-order valence-corrected chi connectivity index (χ1v) is 11.2. The molecule has 2 aromatic rings. The van der Waals surface area contributed by atoms with Crippen molar-refractivity contribution in [2.75, 3.05) is 13.1 Å². The quantitative estimate of drug-likeness (QED) is 0.507. The van der Waals surface area contributed by atoms with Gasteiger partial charge in [0, 0.05) is 18.7 Å². The predicted octanol–water partition coefficient (Wildman–Crippen LogP) is 3.35. The Hall–Kier alpha value is -3.22. The second-order valence-corrected chi connectivity index (χ2v) is 9.47. The van der Waals surface area contributed by atoms with E-state index < -0.39 is 6.04 Å². The fourth-order valence-corrected chi connectivity index (χ4v) is 3.23. The molecular weight excluding hydrogens is 421 g/mol. The number of carbonyl (C=O) groups excluding carboxylic acids is 3. The van der Waals surface area contributed by atoms with Crippen molar-refractivity contribution in [2.45, 2.75) is 52.5 Å². The number of amides is 3. The van der Waals surface area contributed by atoms with Gasteiger partial charge in [0.1, 0.15) is 11.9 Å². The average molecular weight is 456 g/mol. The van der Waals surface area contributed by atoms with E-state index >= 15 is 0 Å². The Morgan fingerprint density at radius 1 is 0.879 bits per heavy atom. The summed E-state index contributed by atoms with van der Waals surface area (Å²) >= 11 is 0. The van der Waals surface area contributed by atoms with Crippen LogP contribution < -0.4 is 16.0 Å². The van der Waals surface area contributed by atoms with E-state index in [2.05, 4.69) is 36.7 Å². The average Bonchev–Trinajstić information content (AvgIpc) is 2.75. The van der Waals surface area contributed by atoms with Crippen LogP contribution in [0, 0.1) is 11.7 Å². The topological polar surface area (TPSA) is 87.3 Å². The number of hydrogen-bond donors (Lipinski definition) is 3. The highest BCUT2D eigenvalue weighted by molar-refractivity contribution is 5.97. The Labute approximate surface area is 195 Å². The SMILES string of the molecule is CC(C)C(NC(=O)c1ccc(C(C)(C)C)cc1)C(=O)NCCNC(=O)Cc1ccc(F)cc1. The molecule has 6 nitrogen and oxygen atoms in total. The lowest BCUT2D eigenvalue weighted by atomic mass is 9.86. The van der Waals surface area contributed by atoms with E-state index in [-0.39, 0.29) is 54.4 Å². The summed E-state index contributed by atoms with van der Waals surface area (Å²) in [7, 11) is 0. The van der Waals surface area contributed by atoms with E-state index in [9.17, 15) is 18.8 Å². The Morgan fingerprint density at radius 2 is 1.45 bits per heavy atom. The van der Waals surface area contributed by atoms with Crippen LogP contribution >= 0.6 is 0 Å². The smallest absolute Gasteiger partial charge is 0.251 e. The van der Waals surface area contributed by atoms with Crippen molar-refractivity contribution in [2.24, 2.45) is 5.92 Å². The fraction of sp³-hybridized carbons (Fsp3) is 0.423. The van der Waals surface area contributed by atoms with Crippen molar-refractivity contribution in [3.8, 4) is 0 Å². The van der Waals surface area contributed by atoms with E-state index in [1.54, 1.807) is 24.3 Å². The fourth-order valence-electron chi connectivity index (χ4n) is 3.23. The number of rotatable bonds is 9. The van der Waals surface area contributed by atoms with Crippen molar-refractivity contribution in [3.05, 3.63) is 71.0 Å². The molecule has 0 spiro atoms. The lowest BCUT2D eigenvalue weighted by molar-refractivity contribution is -0.124. The molecule has 0 aliphatic rings. The first-order chi connectivity index (χ1) is 15.5. The standard InChI is InChI=1S/C26H34FN3O3/c1-17(2)23(30-24(32)19-8-10-20(11-9-19)26(3,4)5)25(33)29-15-14-28-22(31)16-18-6-12-21(27)13-7-18/h6-13,17,23H,14-16H2,1-5H3,(H,28,31)(H,29,33)(H,30,32). The van der Waals surface area contributed by atoms with Gasteiger partial charge < -0.3 is 16.0 Å². The van der Waals surface area contributed by atoms with E-state index in [1.807, 2.05) is 26.0 Å². The van der Waals surface area contributed by atoms with Crippen molar-refractivity contribution in [3.63, 3.8) is 0 Å². The lowest BCUT2D eigenvalue weighted by Gasteiger charge is -2.22. The first kappa shape index (κ1) is 26.0. The van der Waals surface area contributed by atoms with Crippen LogP contribution in [0.2, 0.25) is 0 Å². The number of hydrogen-bond acceptors (Lipinski definition) is 3. The second-order valence-electron chi connectivity index (χ2n) is 9.47. The molecule has 0 radical (unpaired) electrons. The number of nitrogens with one attached hydrogen (secondary N) is 3. The Bertz CT molecular complexity index is 948. The maximum absolute atomic E-state index is 12.9. The number of benzene rings is 2. The molecule has 3 N–H and O–H groups in total. The summed E-state index contributed by atoms with van der Waals surface area (Å²) < 4.78 is 12.9. The molecule has 0 heterocycles. The van der Waals surface area contributed by atoms with Gasteiger partial charge in [-0.05, 0) is 46.7 Å². The molecule has 33 heavy (non-hydrogen) atoms. The van der Waals surface area contributed by atoms with E-state index in [4.69, 9.17) is 0 Å². The minimum Gasteiger partial charge on any atom is -0.354 e. The third-order valence-corrected chi connectivity index (χ3v) is 5.27. The highest BCUT2D eigenvalue weighted by atomic mass is 19.1. The van der Waals surface area contributed by atoms with Crippen LogP contribution in [0.5, 0.6) is 0 Å². The van der Waals surface area contributed by atoms with Crippen LogP contribution in [0.1, 0.15) is 56.1 Å². The van der Waals surface area contributed by atoms with Gasteiger partial charge in [-0.25, -0.2) is 4.39 Å². The van der Waals surface area contributed by atoms with Gasteiger partial charge in [-0.2, -0.15) is 0 Å². The normalized spacial score (nSPS) is 12.2. The minimum absolute atomic E-state index is 0.0101. The third-order valence-electron chi connectivity index (χ3n) is 5.27. The van der Waals surface area contributed by atoms with Gasteiger partial charge in [-0.3, -0.25) is 14.4 Å². The molecule has 1 unspecified atom stereocenters.